The molecule has 2 nitrogen and oxygen atoms in total. The van der Waals surface area contributed by atoms with Crippen molar-refractivity contribution >= 4 is 17.4 Å². The summed E-state index contributed by atoms with van der Waals surface area (Å²) >= 11 is 5.96. The first-order chi connectivity index (χ1) is 11.2. The van der Waals surface area contributed by atoms with Gasteiger partial charge >= 0.3 is 0 Å². The number of benzene rings is 2. The van der Waals surface area contributed by atoms with E-state index in [0.29, 0.717) is 13.0 Å². The van der Waals surface area contributed by atoms with Crippen LogP contribution in [0.15, 0.2) is 48.5 Å². The second kappa shape index (κ2) is 9.36. The van der Waals surface area contributed by atoms with Crippen LogP contribution in [0.1, 0.15) is 48.5 Å². The number of Topliss-reactive ketones (excluding diaryl/α,β-unsaturated/α-hetero) is 1. The van der Waals surface area contributed by atoms with Crippen molar-refractivity contribution in [1.82, 2.24) is 0 Å². The van der Waals surface area contributed by atoms with Crippen LogP contribution in [0.5, 0.6) is 5.75 Å². The second-order valence-corrected chi connectivity index (χ2v) is 6.07. The van der Waals surface area contributed by atoms with Gasteiger partial charge in [-0.25, -0.2) is 0 Å². The van der Waals surface area contributed by atoms with Crippen LogP contribution in [0, 0.1) is 0 Å². The normalized spacial score (nSPS) is 10.5. The molecule has 0 aliphatic rings. The maximum Gasteiger partial charge on any atom is 0.162 e. The number of carbonyl (C=O) groups is 1. The number of rotatable bonds is 9. The Morgan fingerprint density at radius 1 is 1.09 bits per heavy atom. The maximum atomic E-state index is 12.0. The molecule has 23 heavy (non-hydrogen) atoms. The van der Waals surface area contributed by atoms with Crippen LogP contribution in [-0.2, 0) is 6.42 Å². The largest absolute Gasteiger partial charge is 0.493 e. The Balaban J connectivity index is 1.79. The van der Waals surface area contributed by atoms with Crippen LogP contribution in [0.3, 0.4) is 0 Å². The molecule has 0 heterocycles. The van der Waals surface area contributed by atoms with Gasteiger partial charge in [0.2, 0.25) is 0 Å². The van der Waals surface area contributed by atoms with Crippen molar-refractivity contribution in [2.24, 2.45) is 0 Å². The molecule has 0 N–H and O–H groups in total. The van der Waals surface area contributed by atoms with Crippen LogP contribution < -0.4 is 4.74 Å². The minimum Gasteiger partial charge on any atom is -0.493 e. The zero-order chi connectivity index (χ0) is 16.5. The molecule has 0 fully saturated rings. The fourth-order valence-electron chi connectivity index (χ4n) is 2.40. The van der Waals surface area contributed by atoms with Crippen LogP contribution in [0.2, 0.25) is 5.02 Å². The Kier molecular flexibility index (Phi) is 7.15. The van der Waals surface area contributed by atoms with Gasteiger partial charge in [0.15, 0.2) is 5.78 Å². The van der Waals surface area contributed by atoms with Gasteiger partial charge in [0.25, 0.3) is 0 Å². The van der Waals surface area contributed by atoms with Crippen molar-refractivity contribution in [2.45, 2.75) is 39.0 Å². The van der Waals surface area contributed by atoms with Crippen molar-refractivity contribution in [2.75, 3.05) is 6.61 Å². The summed E-state index contributed by atoms with van der Waals surface area (Å²) in [6.45, 7) is 2.73. The van der Waals surface area contributed by atoms with Crippen LogP contribution in [0.25, 0.3) is 0 Å². The van der Waals surface area contributed by atoms with Gasteiger partial charge in [-0.05, 0) is 48.4 Å². The van der Waals surface area contributed by atoms with Crippen LogP contribution >= 0.6 is 11.6 Å². The summed E-state index contributed by atoms with van der Waals surface area (Å²) in [6.07, 6.45) is 4.64. The van der Waals surface area contributed by atoms with Crippen LogP contribution in [-0.4, -0.2) is 12.4 Å². The number of halogens is 1. The van der Waals surface area contributed by atoms with E-state index in [1.54, 1.807) is 0 Å². The summed E-state index contributed by atoms with van der Waals surface area (Å²) < 4.78 is 5.73. The Morgan fingerprint density at radius 2 is 1.87 bits per heavy atom. The highest BCUT2D eigenvalue weighted by atomic mass is 35.5. The molecule has 0 saturated heterocycles. The molecule has 2 aromatic rings. The molecule has 0 bridgehead atoms. The lowest BCUT2D eigenvalue weighted by atomic mass is 10.0. The first-order valence-electron chi connectivity index (χ1n) is 8.19. The van der Waals surface area contributed by atoms with Gasteiger partial charge in [0.05, 0.1) is 6.61 Å². The molecule has 0 spiro atoms. The highest BCUT2D eigenvalue weighted by Crippen LogP contribution is 2.16. The van der Waals surface area contributed by atoms with E-state index in [-0.39, 0.29) is 5.78 Å². The molecule has 2 aromatic carbocycles. The van der Waals surface area contributed by atoms with E-state index in [9.17, 15) is 4.79 Å². The molecule has 0 radical (unpaired) electrons. The summed E-state index contributed by atoms with van der Waals surface area (Å²) in [4.78, 5) is 12.0. The molecule has 3 heteroatoms. The highest BCUT2D eigenvalue weighted by molar-refractivity contribution is 6.30. The molecule has 0 amide bonds. The molecule has 0 saturated carbocycles. The average Bonchev–Trinajstić information content (AvgIpc) is 2.56. The minimum absolute atomic E-state index is 0.212. The number of carbonyl (C=O) groups excluding carboxylic acids is 1. The first kappa shape index (κ1) is 17.6. The summed E-state index contributed by atoms with van der Waals surface area (Å²) in [5.41, 5.74) is 1.92. The Bertz CT molecular complexity index is 620. The van der Waals surface area contributed by atoms with Gasteiger partial charge in [-0.15, -0.1) is 0 Å². The number of unbranched alkanes of at least 4 members (excludes halogenated alkanes) is 2. The standard InChI is InChI=1S/C20H23ClO2/c1-2-3-4-8-20(22)17-9-11-19(12-10-17)23-14-13-16-6-5-7-18(21)15-16/h5-7,9-12,15H,2-4,8,13-14H2,1H3. The summed E-state index contributed by atoms with van der Waals surface area (Å²) in [5.74, 6) is 1.00. The molecule has 0 atom stereocenters. The number of ketones is 1. The van der Waals surface area contributed by atoms with Gasteiger partial charge in [-0.1, -0.05) is 43.5 Å². The smallest absolute Gasteiger partial charge is 0.162 e. The molecule has 122 valence electrons. The molecule has 2 rings (SSSR count). The summed E-state index contributed by atoms with van der Waals surface area (Å²) in [7, 11) is 0. The van der Waals surface area contributed by atoms with Crippen molar-refractivity contribution in [3.63, 3.8) is 0 Å². The highest BCUT2D eigenvalue weighted by Gasteiger charge is 2.05. The summed E-state index contributed by atoms with van der Waals surface area (Å²) in [5, 5.41) is 0.744. The Morgan fingerprint density at radius 3 is 2.57 bits per heavy atom. The first-order valence-corrected chi connectivity index (χ1v) is 8.57. The average molecular weight is 331 g/mol. The molecule has 0 unspecified atom stereocenters. The lowest BCUT2D eigenvalue weighted by molar-refractivity contribution is 0.0979. The van der Waals surface area contributed by atoms with Gasteiger partial charge < -0.3 is 4.74 Å². The quantitative estimate of drug-likeness (QED) is 0.434. The third-order valence-corrected chi connectivity index (χ3v) is 3.97. The second-order valence-electron chi connectivity index (χ2n) is 5.63. The Labute approximate surface area is 143 Å². The van der Waals surface area contributed by atoms with Gasteiger partial charge in [0.1, 0.15) is 5.75 Å². The third kappa shape index (κ3) is 6.07. The third-order valence-electron chi connectivity index (χ3n) is 3.73. The maximum absolute atomic E-state index is 12.0. The van der Waals surface area contributed by atoms with Gasteiger partial charge in [-0.2, -0.15) is 0 Å². The lowest BCUT2D eigenvalue weighted by Crippen LogP contribution is -2.02. The van der Waals surface area contributed by atoms with E-state index < -0.39 is 0 Å². The van der Waals surface area contributed by atoms with Gasteiger partial charge in [0, 0.05) is 23.4 Å². The van der Waals surface area contributed by atoms with Crippen molar-refractivity contribution < 1.29 is 9.53 Å². The predicted octanol–water partition coefficient (Wildman–Crippen LogP) is 5.72. The Hall–Kier alpha value is -1.80. The fourth-order valence-corrected chi connectivity index (χ4v) is 2.61. The molecular weight excluding hydrogens is 308 g/mol. The topological polar surface area (TPSA) is 26.3 Å². The van der Waals surface area contributed by atoms with E-state index in [0.717, 1.165) is 47.6 Å². The summed E-state index contributed by atoms with van der Waals surface area (Å²) in [6, 6.07) is 15.2. The number of hydrogen-bond donors (Lipinski definition) is 0. The van der Waals surface area contributed by atoms with E-state index in [1.165, 1.54) is 0 Å². The van der Waals surface area contributed by atoms with Crippen LogP contribution in [0.4, 0.5) is 0 Å². The minimum atomic E-state index is 0.212. The fraction of sp³-hybridized carbons (Fsp3) is 0.350. The lowest BCUT2D eigenvalue weighted by Gasteiger charge is -2.07. The van der Waals surface area contributed by atoms with Gasteiger partial charge in [-0.3, -0.25) is 4.79 Å². The molecule has 0 aromatic heterocycles. The SMILES string of the molecule is CCCCCC(=O)c1ccc(OCCc2cccc(Cl)c2)cc1. The van der Waals surface area contributed by atoms with Crippen molar-refractivity contribution in [1.29, 1.82) is 0 Å². The monoisotopic (exact) mass is 330 g/mol. The van der Waals surface area contributed by atoms with E-state index in [2.05, 4.69) is 6.92 Å². The number of ether oxygens (including phenoxy) is 1. The predicted molar refractivity (Wildman–Crippen MR) is 95.6 cm³/mol. The molecule has 0 aliphatic carbocycles. The van der Waals surface area contributed by atoms with Crippen molar-refractivity contribution in [3.05, 3.63) is 64.7 Å². The van der Waals surface area contributed by atoms with E-state index >= 15 is 0 Å². The van der Waals surface area contributed by atoms with Crippen molar-refractivity contribution in [3.8, 4) is 5.75 Å². The van der Waals surface area contributed by atoms with E-state index in [1.807, 2.05) is 48.5 Å². The molecular formula is C20H23ClO2. The van der Waals surface area contributed by atoms with E-state index in [4.69, 9.17) is 16.3 Å². The number of hydrogen-bond acceptors (Lipinski definition) is 2. The zero-order valence-electron chi connectivity index (χ0n) is 13.6. The zero-order valence-corrected chi connectivity index (χ0v) is 14.3. The molecule has 0 aliphatic heterocycles.